The minimum atomic E-state index is -0.261. The maximum absolute atomic E-state index is 11.8. The Bertz CT molecular complexity index is 735. The summed E-state index contributed by atoms with van der Waals surface area (Å²) in [6.45, 7) is 0.0973. The van der Waals surface area contributed by atoms with E-state index < -0.39 is 0 Å². The fourth-order valence-electron chi connectivity index (χ4n) is 1.93. The van der Waals surface area contributed by atoms with Crippen LogP contribution in [0, 0.1) is 0 Å². The number of nitrogens with zero attached hydrogens (tertiary/aromatic N) is 1. The molecule has 0 unspecified atom stereocenters. The van der Waals surface area contributed by atoms with E-state index in [1.165, 1.54) is 6.21 Å². The number of carbonyl (C=O) groups excluding carboxylic acids is 1. The van der Waals surface area contributed by atoms with Crippen LogP contribution in [0.5, 0.6) is 11.5 Å². The summed E-state index contributed by atoms with van der Waals surface area (Å²) >= 11 is 3.38. The molecule has 0 spiro atoms. The van der Waals surface area contributed by atoms with E-state index in [1.54, 1.807) is 14.2 Å². The molecule has 0 aliphatic rings. The van der Waals surface area contributed by atoms with Crippen LogP contribution in [0.1, 0.15) is 5.56 Å². The van der Waals surface area contributed by atoms with E-state index in [0.717, 1.165) is 21.5 Å². The van der Waals surface area contributed by atoms with Gasteiger partial charge in [-0.1, -0.05) is 22.0 Å². The second-order valence-electron chi connectivity index (χ2n) is 4.76. The third kappa shape index (κ3) is 5.27. The summed E-state index contributed by atoms with van der Waals surface area (Å²) in [5, 5.41) is 6.95. The summed E-state index contributed by atoms with van der Waals surface area (Å²) in [5.74, 6) is 1.13. The Morgan fingerprint density at radius 2 is 2.04 bits per heavy atom. The number of hydrogen-bond donors (Lipinski definition) is 2. The smallest absolute Gasteiger partial charge is 0.259 e. The van der Waals surface area contributed by atoms with Gasteiger partial charge >= 0.3 is 0 Å². The molecule has 1 amide bonds. The highest BCUT2D eigenvalue weighted by Crippen LogP contribution is 2.21. The van der Waals surface area contributed by atoms with Gasteiger partial charge in [0.1, 0.15) is 11.5 Å². The molecule has 0 saturated heterocycles. The predicted molar refractivity (Wildman–Crippen MR) is 97.9 cm³/mol. The second kappa shape index (κ2) is 8.93. The summed E-state index contributed by atoms with van der Waals surface area (Å²) < 4.78 is 11.3. The number of rotatable bonds is 7. The first-order valence-corrected chi connectivity index (χ1v) is 7.95. The molecule has 0 aliphatic heterocycles. The van der Waals surface area contributed by atoms with Crippen molar-refractivity contribution < 1.29 is 14.3 Å². The van der Waals surface area contributed by atoms with E-state index in [-0.39, 0.29) is 12.5 Å². The molecular weight excluding hydrogens is 374 g/mol. The summed E-state index contributed by atoms with van der Waals surface area (Å²) in [6, 6.07) is 12.9. The van der Waals surface area contributed by atoms with Crippen molar-refractivity contribution in [2.75, 3.05) is 26.1 Å². The molecule has 2 aromatic rings. The maximum Gasteiger partial charge on any atom is 0.259 e. The number of ether oxygens (including phenoxy) is 2. The lowest BCUT2D eigenvalue weighted by atomic mass is 10.2. The quantitative estimate of drug-likeness (QED) is 0.561. The Kier molecular flexibility index (Phi) is 6.62. The van der Waals surface area contributed by atoms with Crippen molar-refractivity contribution in [2.45, 2.75) is 0 Å². The number of anilines is 1. The van der Waals surface area contributed by atoms with Gasteiger partial charge in [-0.3, -0.25) is 4.79 Å². The molecule has 6 nitrogen and oxygen atoms in total. The third-order valence-corrected chi connectivity index (χ3v) is 3.60. The van der Waals surface area contributed by atoms with Crippen molar-refractivity contribution in [3.63, 3.8) is 0 Å². The molecule has 0 bridgehead atoms. The average molecular weight is 392 g/mol. The second-order valence-corrected chi connectivity index (χ2v) is 5.68. The molecule has 0 radical (unpaired) electrons. The van der Waals surface area contributed by atoms with Crippen molar-refractivity contribution in [3.8, 4) is 11.5 Å². The maximum atomic E-state index is 11.8. The summed E-state index contributed by atoms with van der Waals surface area (Å²) in [5.41, 5.74) is 4.02. The minimum Gasteiger partial charge on any atom is -0.497 e. The fourth-order valence-corrected chi connectivity index (χ4v) is 2.31. The Labute approximate surface area is 149 Å². The van der Waals surface area contributed by atoms with E-state index in [2.05, 4.69) is 31.8 Å². The van der Waals surface area contributed by atoms with Crippen molar-refractivity contribution in [1.29, 1.82) is 0 Å². The van der Waals surface area contributed by atoms with Crippen molar-refractivity contribution in [1.82, 2.24) is 5.43 Å². The van der Waals surface area contributed by atoms with Crippen LogP contribution in [-0.4, -0.2) is 32.9 Å². The number of carbonyl (C=O) groups is 1. The summed E-state index contributed by atoms with van der Waals surface area (Å²) in [7, 11) is 3.17. The van der Waals surface area contributed by atoms with Gasteiger partial charge in [0.2, 0.25) is 0 Å². The number of benzene rings is 2. The van der Waals surface area contributed by atoms with Gasteiger partial charge in [0.15, 0.2) is 0 Å². The molecular formula is C17H18BrN3O3. The van der Waals surface area contributed by atoms with Crippen LogP contribution in [0.2, 0.25) is 0 Å². The molecule has 2 N–H and O–H groups in total. The van der Waals surface area contributed by atoms with Crippen LogP contribution in [0.25, 0.3) is 0 Å². The SMILES string of the molecule is COc1cccc(NCC(=O)N/N=C\c2cc(Br)ccc2OC)c1. The molecule has 0 heterocycles. The van der Waals surface area contributed by atoms with E-state index in [9.17, 15) is 4.79 Å². The third-order valence-electron chi connectivity index (χ3n) is 3.11. The Morgan fingerprint density at radius 1 is 1.21 bits per heavy atom. The van der Waals surface area contributed by atoms with Crippen LogP contribution in [0.15, 0.2) is 52.0 Å². The van der Waals surface area contributed by atoms with E-state index >= 15 is 0 Å². The first-order valence-electron chi connectivity index (χ1n) is 7.15. The van der Waals surface area contributed by atoms with Gasteiger partial charge in [-0.15, -0.1) is 0 Å². The zero-order valence-electron chi connectivity index (χ0n) is 13.4. The van der Waals surface area contributed by atoms with Crippen LogP contribution in [-0.2, 0) is 4.79 Å². The summed E-state index contributed by atoms with van der Waals surface area (Å²) in [4.78, 5) is 11.8. The number of halogens is 1. The number of methoxy groups -OCH3 is 2. The van der Waals surface area contributed by atoms with Crippen molar-refractivity contribution in [3.05, 3.63) is 52.5 Å². The Hall–Kier alpha value is -2.54. The highest BCUT2D eigenvalue weighted by Gasteiger charge is 2.03. The Morgan fingerprint density at radius 3 is 2.79 bits per heavy atom. The molecule has 126 valence electrons. The van der Waals surface area contributed by atoms with Gasteiger partial charge in [0.25, 0.3) is 5.91 Å². The molecule has 2 rings (SSSR count). The first kappa shape index (κ1) is 17.8. The molecule has 24 heavy (non-hydrogen) atoms. The highest BCUT2D eigenvalue weighted by atomic mass is 79.9. The zero-order chi connectivity index (χ0) is 17.4. The normalized spacial score (nSPS) is 10.5. The van der Waals surface area contributed by atoms with Gasteiger partial charge < -0.3 is 14.8 Å². The van der Waals surface area contributed by atoms with Gasteiger partial charge in [-0.05, 0) is 30.3 Å². The van der Waals surface area contributed by atoms with Crippen molar-refractivity contribution in [2.24, 2.45) is 5.10 Å². The lowest BCUT2D eigenvalue weighted by Gasteiger charge is -2.07. The fraction of sp³-hybridized carbons (Fsp3) is 0.176. The lowest BCUT2D eigenvalue weighted by Crippen LogP contribution is -2.25. The Balaban J connectivity index is 1.87. The van der Waals surface area contributed by atoms with Gasteiger partial charge in [-0.25, -0.2) is 5.43 Å². The first-order chi connectivity index (χ1) is 11.6. The van der Waals surface area contributed by atoms with Crippen molar-refractivity contribution >= 4 is 33.7 Å². The monoisotopic (exact) mass is 391 g/mol. The van der Waals surface area contributed by atoms with Crippen LogP contribution >= 0.6 is 15.9 Å². The molecule has 0 fully saturated rings. The molecule has 2 aromatic carbocycles. The standard InChI is InChI=1S/C17H18BrN3O3/c1-23-15-5-3-4-14(9-15)19-11-17(22)21-20-10-12-8-13(18)6-7-16(12)24-2/h3-10,19H,11H2,1-2H3,(H,21,22)/b20-10-. The lowest BCUT2D eigenvalue weighted by molar-refractivity contribution is -0.119. The average Bonchev–Trinajstić information content (AvgIpc) is 2.60. The van der Waals surface area contributed by atoms with Gasteiger partial charge in [0, 0.05) is 21.8 Å². The molecule has 0 aliphatic carbocycles. The number of amides is 1. The number of hydrazone groups is 1. The topological polar surface area (TPSA) is 72.0 Å². The van der Waals surface area contributed by atoms with Crippen LogP contribution < -0.4 is 20.2 Å². The zero-order valence-corrected chi connectivity index (χ0v) is 15.0. The van der Waals surface area contributed by atoms with Gasteiger partial charge in [0.05, 0.1) is 27.0 Å². The molecule has 0 atom stereocenters. The van der Waals surface area contributed by atoms with E-state index in [0.29, 0.717) is 5.75 Å². The van der Waals surface area contributed by atoms with E-state index in [4.69, 9.17) is 9.47 Å². The molecule has 0 aromatic heterocycles. The van der Waals surface area contributed by atoms with Gasteiger partial charge in [-0.2, -0.15) is 5.10 Å². The summed E-state index contributed by atoms with van der Waals surface area (Å²) in [6.07, 6.45) is 1.53. The highest BCUT2D eigenvalue weighted by molar-refractivity contribution is 9.10. The number of nitrogens with one attached hydrogen (secondary N) is 2. The molecule has 0 saturated carbocycles. The number of hydrogen-bond acceptors (Lipinski definition) is 5. The predicted octanol–water partition coefficient (Wildman–Crippen LogP) is 3.03. The minimum absolute atomic E-state index is 0.0973. The van der Waals surface area contributed by atoms with Crippen LogP contribution in [0.3, 0.4) is 0 Å². The van der Waals surface area contributed by atoms with Crippen LogP contribution in [0.4, 0.5) is 5.69 Å². The molecule has 7 heteroatoms. The van der Waals surface area contributed by atoms with E-state index in [1.807, 2.05) is 42.5 Å². The largest absolute Gasteiger partial charge is 0.497 e.